The number of nitrogens with zero attached hydrogens (tertiary/aromatic N) is 3. The first kappa shape index (κ1) is 17.5. The minimum atomic E-state index is -1.47. The van der Waals surface area contributed by atoms with Gasteiger partial charge in [0.2, 0.25) is 5.91 Å². The van der Waals surface area contributed by atoms with Crippen molar-refractivity contribution in [3.8, 4) is 0 Å². The van der Waals surface area contributed by atoms with Crippen LogP contribution in [0.4, 0.5) is 13.2 Å². The van der Waals surface area contributed by atoms with Gasteiger partial charge >= 0.3 is 0 Å². The highest BCUT2D eigenvalue weighted by molar-refractivity contribution is 5.77. The van der Waals surface area contributed by atoms with Gasteiger partial charge in [0.25, 0.3) is 0 Å². The van der Waals surface area contributed by atoms with Crippen LogP contribution in [0.5, 0.6) is 0 Å². The van der Waals surface area contributed by atoms with Crippen LogP contribution in [0.3, 0.4) is 0 Å². The van der Waals surface area contributed by atoms with Gasteiger partial charge in [-0.25, -0.2) is 13.2 Å². The molecule has 2 atom stereocenters. The Bertz CT molecular complexity index is 769. The summed E-state index contributed by atoms with van der Waals surface area (Å²) in [4.78, 5) is 13.7. The molecule has 2 heterocycles. The van der Waals surface area contributed by atoms with Crippen molar-refractivity contribution in [2.24, 2.45) is 7.05 Å². The Labute approximate surface area is 143 Å². The minimum Gasteiger partial charge on any atom is -0.336 e. The first-order valence-electron chi connectivity index (χ1n) is 7.99. The van der Waals surface area contributed by atoms with E-state index in [9.17, 15) is 18.0 Å². The normalized spacial score (nSPS) is 21.0. The Balaban J connectivity index is 1.80. The molecule has 1 aromatic heterocycles. The molecule has 5 nitrogen and oxygen atoms in total. The summed E-state index contributed by atoms with van der Waals surface area (Å²) in [6, 6.07) is 3.42. The van der Waals surface area contributed by atoms with Crippen LogP contribution in [0.15, 0.2) is 24.4 Å². The highest BCUT2D eigenvalue weighted by atomic mass is 19.2. The van der Waals surface area contributed by atoms with E-state index in [0.29, 0.717) is 18.4 Å². The molecule has 25 heavy (non-hydrogen) atoms. The number of halogens is 3. The highest BCUT2D eigenvalue weighted by Gasteiger charge is 2.36. The van der Waals surface area contributed by atoms with Crippen LogP contribution in [-0.2, 0) is 18.4 Å². The number of aryl methyl sites for hydroxylation is 1. The number of benzene rings is 1. The van der Waals surface area contributed by atoms with Gasteiger partial charge in [-0.2, -0.15) is 5.10 Å². The molecule has 0 radical (unpaired) electrons. The number of likely N-dealkylation sites (N-methyl/N-ethyl adjacent to an activating group) is 1. The molecule has 1 aliphatic heterocycles. The summed E-state index contributed by atoms with van der Waals surface area (Å²) < 4.78 is 41.5. The van der Waals surface area contributed by atoms with Crippen molar-refractivity contribution >= 4 is 5.91 Å². The molecule has 0 spiro atoms. The zero-order chi connectivity index (χ0) is 18.1. The molecule has 0 bridgehead atoms. The number of piperidine rings is 1. The van der Waals surface area contributed by atoms with Crippen molar-refractivity contribution < 1.29 is 18.0 Å². The molecule has 0 unspecified atom stereocenters. The van der Waals surface area contributed by atoms with E-state index in [-0.39, 0.29) is 24.5 Å². The Kier molecular flexibility index (Phi) is 4.80. The molecule has 2 aromatic rings. The third-order valence-electron chi connectivity index (χ3n) is 4.63. The lowest BCUT2D eigenvalue weighted by Gasteiger charge is -2.39. The number of carbonyl (C=O) groups excluding carboxylic acids is 1. The van der Waals surface area contributed by atoms with Crippen molar-refractivity contribution in [1.82, 2.24) is 20.0 Å². The van der Waals surface area contributed by atoms with Crippen LogP contribution in [0.1, 0.15) is 30.1 Å². The quantitative estimate of drug-likeness (QED) is 0.859. The van der Waals surface area contributed by atoms with Crippen LogP contribution < -0.4 is 5.32 Å². The average Bonchev–Trinajstić information content (AvgIpc) is 2.99. The summed E-state index contributed by atoms with van der Waals surface area (Å²) >= 11 is 0. The predicted molar refractivity (Wildman–Crippen MR) is 84.9 cm³/mol. The van der Waals surface area contributed by atoms with Crippen LogP contribution in [-0.4, -0.2) is 33.7 Å². The molecule has 1 saturated heterocycles. The number of aromatic nitrogens is 2. The van der Waals surface area contributed by atoms with Crippen molar-refractivity contribution in [3.05, 3.63) is 53.1 Å². The predicted octanol–water partition coefficient (Wildman–Crippen LogP) is 2.29. The number of nitrogens with one attached hydrogen (secondary N) is 1. The molecule has 134 valence electrons. The minimum absolute atomic E-state index is 0.0307. The fraction of sp³-hybridized carbons (Fsp3) is 0.412. The largest absolute Gasteiger partial charge is 0.336 e. The van der Waals surface area contributed by atoms with Crippen LogP contribution in [0.25, 0.3) is 0 Å². The standard InChI is InChI=1S/C17H19F3N4O/c1-23-15(25)4-3-13(17(23)14-5-6-22-24(14)2)21-9-10-7-11(18)16(20)12(19)8-10/h5-8,13,17,21H,3-4,9H2,1-2H3/t13-,17-/m0/s1. The zero-order valence-electron chi connectivity index (χ0n) is 14.0. The van der Waals surface area contributed by atoms with Gasteiger partial charge in [0.05, 0.1) is 11.7 Å². The van der Waals surface area contributed by atoms with Crippen molar-refractivity contribution in [2.75, 3.05) is 7.05 Å². The Hall–Kier alpha value is -2.35. The van der Waals surface area contributed by atoms with Gasteiger partial charge < -0.3 is 10.2 Å². The lowest BCUT2D eigenvalue weighted by Crippen LogP contribution is -2.49. The highest BCUT2D eigenvalue weighted by Crippen LogP contribution is 2.30. The van der Waals surface area contributed by atoms with Gasteiger partial charge in [-0.3, -0.25) is 9.48 Å². The Morgan fingerprint density at radius 1 is 1.24 bits per heavy atom. The van der Waals surface area contributed by atoms with E-state index in [1.165, 1.54) is 0 Å². The van der Waals surface area contributed by atoms with Gasteiger partial charge in [0.15, 0.2) is 17.5 Å². The molecular weight excluding hydrogens is 333 g/mol. The fourth-order valence-electron chi connectivity index (χ4n) is 3.29. The van der Waals surface area contributed by atoms with Crippen LogP contribution in [0, 0.1) is 17.5 Å². The maximum absolute atomic E-state index is 13.4. The first-order valence-corrected chi connectivity index (χ1v) is 7.99. The smallest absolute Gasteiger partial charge is 0.222 e. The molecule has 0 aliphatic carbocycles. The third-order valence-corrected chi connectivity index (χ3v) is 4.63. The Morgan fingerprint density at radius 3 is 2.52 bits per heavy atom. The Morgan fingerprint density at radius 2 is 1.92 bits per heavy atom. The maximum atomic E-state index is 13.4. The lowest BCUT2D eigenvalue weighted by atomic mass is 9.93. The second-order valence-corrected chi connectivity index (χ2v) is 6.23. The van der Waals surface area contributed by atoms with E-state index in [0.717, 1.165) is 17.8 Å². The second kappa shape index (κ2) is 6.87. The monoisotopic (exact) mass is 352 g/mol. The van der Waals surface area contributed by atoms with Gasteiger partial charge in [0, 0.05) is 39.3 Å². The molecule has 1 aromatic carbocycles. The third kappa shape index (κ3) is 3.39. The summed E-state index contributed by atoms with van der Waals surface area (Å²) in [5.41, 5.74) is 1.17. The second-order valence-electron chi connectivity index (χ2n) is 6.23. The number of likely N-dealkylation sites (tertiary alicyclic amines) is 1. The number of hydrogen-bond acceptors (Lipinski definition) is 3. The van der Waals surface area contributed by atoms with E-state index < -0.39 is 17.5 Å². The number of carbonyl (C=O) groups is 1. The van der Waals surface area contributed by atoms with Gasteiger partial charge in [0.1, 0.15) is 0 Å². The summed E-state index contributed by atoms with van der Waals surface area (Å²) in [6.07, 6.45) is 2.63. The van der Waals surface area contributed by atoms with Crippen LogP contribution >= 0.6 is 0 Å². The number of amides is 1. The number of rotatable bonds is 4. The fourth-order valence-corrected chi connectivity index (χ4v) is 3.29. The molecular formula is C17H19F3N4O. The number of hydrogen-bond donors (Lipinski definition) is 1. The summed E-state index contributed by atoms with van der Waals surface area (Å²) in [7, 11) is 3.52. The van der Waals surface area contributed by atoms with E-state index in [1.807, 2.05) is 6.07 Å². The van der Waals surface area contributed by atoms with E-state index >= 15 is 0 Å². The lowest BCUT2D eigenvalue weighted by molar-refractivity contribution is -0.136. The van der Waals surface area contributed by atoms with Crippen LogP contribution in [0.2, 0.25) is 0 Å². The van der Waals surface area contributed by atoms with Crippen molar-refractivity contribution in [2.45, 2.75) is 31.5 Å². The molecule has 1 N–H and O–H groups in total. The molecule has 0 saturated carbocycles. The van der Waals surface area contributed by atoms with Gasteiger partial charge in [-0.1, -0.05) is 0 Å². The van der Waals surface area contributed by atoms with Crippen molar-refractivity contribution in [1.29, 1.82) is 0 Å². The average molecular weight is 352 g/mol. The van der Waals surface area contributed by atoms with E-state index in [2.05, 4.69) is 10.4 Å². The van der Waals surface area contributed by atoms with Gasteiger partial charge in [-0.15, -0.1) is 0 Å². The zero-order valence-corrected chi connectivity index (χ0v) is 14.0. The van der Waals surface area contributed by atoms with Gasteiger partial charge in [-0.05, 0) is 30.2 Å². The topological polar surface area (TPSA) is 50.2 Å². The molecule has 1 aliphatic rings. The van der Waals surface area contributed by atoms with E-state index in [4.69, 9.17) is 0 Å². The SMILES string of the molecule is CN1C(=O)CC[C@H](NCc2cc(F)c(F)c(F)c2)[C@H]1c1ccnn1C. The van der Waals surface area contributed by atoms with Crippen molar-refractivity contribution in [3.63, 3.8) is 0 Å². The molecule has 8 heteroatoms. The molecule has 3 rings (SSSR count). The molecule has 1 fully saturated rings. The van der Waals surface area contributed by atoms with E-state index in [1.54, 1.807) is 29.9 Å². The summed E-state index contributed by atoms with van der Waals surface area (Å²) in [5, 5.41) is 7.38. The first-order chi connectivity index (χ1) is 11.9. The molecule has 1 amide bonds. The maximum Gasteiger partial charge on any atom is 0.222 e. The summed E-state index contributed by atoms with van der Waals surface area (Å²) in [5.74, 6) is -3.87. The summed E-state index contributed by atoms with van der Waals surface area (Å²) in [6.45, 7) is 0.162.